The third-order valence-corrected chi connectivity index (χ3v) is 6.11. The number of allylic oxidation sites excluding steroid dienone is 1. The first kappa shape index (κ1) is 19.7. The summed E-state index contributed by atoms with van der Waals surface area (Å²) >= 11 is 3.35. The van der Waals surface area contributed by atoms with E-state index in [1.54, 1.807) is 12.3 Å². The fourth-order valence-electron chi connectivity index (χ4n) is 4.32. The Hall–Kier alpha value is -2.60. The van der Waals surface area contributed by atoms with Crippen molar-refractivity contribution in [2.45, 2.75) is 39.0 Å². The first-order valence-electron chi connectivity index (χ1n) is 9.75. The highest BCUT2D eigenvalue weighted by molar-refractivity contribution is 9.10. The zero-order chi connectivity index (χ0) is 20.5. The third kappa shape index (κ3) is 3.81. The Morgan fingerprint density at radius 3 is 2.62 bits per heavy atom. The molecule has 6 heteroatoms. The molecule has 0 bridgehead atoms. The maximum absolute atomic E-state index is 13.3. The van der Waals surface area contributed by atoms with Gasteiger partial charge < -0.3 is 5.32 Å². The SMILES string of the molecule is CC1=C(C(=O)Nc2ccc(Br)cn2)[C@@H](c2ccccc2C)C2C(=O)CCCC2=N1. The molecule has 1 saturated carbocycles. The van der Waals surface area contributed by atoms with Gasteiger partial charge in [-0.05, 0) is 65.9 Å². The van der Waals surface area contributed by atoms with Crippen LogP contribution in [0.15, 0.2) is 63.3 Å². The van der Waals surface area contributed by atoms with Gasteiger partial charge in [0, 0.05) is 40.0 Å². The summed E-state index contributed by atoms with van der Waals surface area (Å²) in [6, 6.07) is 11.5. The molecule has 2 aliphatic rings. The lowest BCUT2D eigenvalue weighted by Gasteiger charge is -2.36. The zero-order valence-corrected chi connectivity index (χ0v) is 18.0. The van der Waals surface area contributed by atoms with Gasteiger partial charge in [-0.2, -0.15) is 0 Å². The minimum absolute atomic E-state index is 0.169. The van der Waals surface area contributed by atoms with Gasteiger partial charge in [0.25, 0.3) is 5.91 Å². The lowest BCUT2D eigenvalue weighted by Crippen LogP contribution is -2.40. The number of aromatic nitrogens is 1. The maximum Gasteiger partial charge on any atom is 0.255 e. The van der Waals surface area contributed by atoms with Crippen molar-refractivity contribution in [2.75, 3.05) is 5.32 Å². The summed E-state index contributed by atoms with van der Waals surface area (Å²) in [6.45, 7) is 3.88. The second kappa shape index (κ2) is 8.03. The number of carbonyl (C=O) groups is 2. The van der Waals surface area contributed by atoms with Crippen molar-refractivity contribution in [3.8, 4) is 0 Å². The summed E-state index contributed by atoms with van der Waals surface area (Å²) in [5.41, 5.74) is 4.21. The summed E-state index contributed by atoms with van der Waals surface area (Å²) in [4.78, 5) is 35.2. The molecule has 1 aliphatic carbocycles. The van der Waals surface area contributed by atoms with Crippen LogP contribution in [0.2, 0.25) is 0 Å². The number of halogens is 1. The molecule has 1 unspecified atom stereocenters. The molecule has 2 aromatic rings. The van der Waals surface area contributed by atoms with Crippen LogP contribution in [0, 0.1) is 12.8 Å². The predicted molar refractivity (Wildman–Crippen MR) is 117 cm³/mol. The summed E-state index contributed by atoms with van der Waals surface area (Å²) < 4.78 is 0.836. The van der Waals surface area contributed by atoms with Crippen LogP contribution in [0.4, 0.5) is 5.82 Å². The molecule has 0 spiro atoms. The van der Waals surface area contributed by atoms with Crippen molar-refractivity contribution >= 4 is 39.1 Å². The van der Waals surface area contributed by atoms with Gasteiger partial charge in [-0.3, -0.25) is 14.6 Å². The van der Waals surface area contributed by atoms with Crippen molar-refractivity contribution in [3.63, 3.8) is 0 Å². The number of amides is 1. The van der Waals surface area contributed by atoms with E-state index in [1.165, 1.54) is 0 Å². The quantitative estimate of drug-likeness (QED) is 0.715. The summed E-state index contributed by atoms with van der Waals surface area (Å²) in [5, 5.41) is 2.89. The van der Waals surface area contributed by atoms with E-state index in [2.05, 4.69) is 26.2 Å². The number of aliphatic imine (C=N–C) groups is 1. The number of fused-ring (bicyclic) bond motifs is 1. The second-order valence-corrected chi connectivity index (χ2v) is 8.47. The molecule has 2 atom stereocenters. The van der Waals surface area contributed by atoms with Gasteiger partial charge in [0.1, 0.15) is 11.6 Å². The molecule has 29 heavy (non-hydrogen) atoms. The topological polar surface area (TPSA) is 71.4 Å². The number of rotatable bonds is 3. The van der Waals surface area contributed by atoms with Gasteiger partial charge in [0.05, 0.1) is 5.92 Å². The molecule has 0 radical (unpaired) electrons. The highest BCUT2D eigenvalue weighted by atomic mass is 79.9. The highest BCUT2D eigenvalue weighted by Gasteiger charge is 2.43. The highest BCUT2D eigenvalue weighted by Crippen LogP contribution is 2.43. The monoisotopic (exact) mass is 451 g/mol. The van der Waals surface area contributed by atoms with Gasteiger partial charge in [-0.15, -0.1) is 0 Å². The largest absolute Gasteiger partial charge is 0.307 e. The Balaban J connectivity index is 1.80. The number of Topliss-reactive ketones (excluding diaryl/α,β-unsaturated/α-hetero) is 1. The number of hydrogen-bond donors (Lipinski definition) is 1. The first-order valence-corrected chi connectivity index (χ1v) is 10.5. The molecule has 1 N–H and O–H groups in total. The van der Waals surface area contributed by atoms with Crippen molar-refractivity contribution in [2.24, 2.45) is 10.9 Å². The third-order valence-electron chi connectivity index (χ3n) is 5.64. The Bertz CT molecular complexity index is 1040. The molecule has 148 valence electrons. The number of carbonyl (C=O) groups excluding carboxylic acids is 2. The summed E-state index contributed by atoms with van der Waals surface area (Å²) in [6.07, 6.45) is 3.80. The Morgan fingerprint density at radius 1 is 1.10 bits per heavy atom. The molecule has 5 nitrogen and oxygen atoms in total. The van der Waals surface area contributed by atoms with Crippen LogP contribution >= 0.6 is 15.9 Å². The average Bonchev–Trinajstić information content (AvgIpc) is 2.69. The number of nitrogens with zero attached hydrogens (tertiary/aromatic N) is 2. The van der Waals surface area contributed by atoms with Crippen LogP contribution in [0.25, 0.3) is 0 Å². The van der Waals surface area contributed by atoms with E-state index in [9.17, 15) is 9.59 Å². The van der Waals surface area contributed by atoms with Gasteiger partial charge in [-0.25, -0.2) is 4.98 Å². The first-order chi connectivity index (χ1) is 14.0. The van der Waals surface area contributed by atoms with Gasteiger partial charge >= 0.3 is 0 Å². The Labute approximate surface area is 178 Å². The van der Waals surface area contributed by atoms with Crippen molar-refractivity contribution < 1.29 is 9.59 Å². The average molecular weight is 452 g/mol. The minimum atomic E-state index is -0.368. The molecule has 2 heterocycles. The van der Waals surface area contributed by atoms with Crippen LogP contribution in [0.5, 0.6) is 0 Å². The molecule has 4 rings (SSSR count). The van der Waals surface area contributed by atoms with E-state index in [-0.39, 0.29) is 23.5 Å². The Morgan fingerprint density at radius 2 is 1.90 bits per heavy atom. The zero-order valence-electron chi connectivity index (χ0n) is 16.4. The lowest BCUT2D eigenvalue weighted by molar-refractivity contribution is -0.122. The fourth-order valence-corrected chi connectivity index (χ4v) is 4.56. The van der Waals surface area contributed by atoms with E-state index in [1.807, 2.05) is 44.2 Å². The van der Waals surface area contributed by atoms with Crippen molar-refractivity contribution in [1.29, 1.82) is 0 Å². The Kier molecular flexibility index (Phi) is 5.46. The predicted octanol–water partition coefficient (Wildman–Crippen LogP) is 4.97. The minimum Gasteiger partial charge on any atom is -0.307 e. The molecule has 1 amide bonds. The van der Waals surface area contributed by atoms with Crippen LogP contribution in [0.3, 0.4) is 0 Å². The van der Waals surface area contributed by atoms with Crippen LogP contribution < -0.4 is 5.32 Å². The molecule has 0 saturated heterocycles. The number of nitrogens with one attached hydrogen (secondary N) is 1. The smallest absolute Gasteiger partial charge is 0.255 e. The van der Waals surface area contributed by atoms with E-state index >= 15 is 0 Å². The number of pyridine rings is 1. The molecule has 1 aromatic heterocycles. The van der Waals surface area contributed by atoms with Crippen LogP contribution in [0.1, 0.15) is 43.2 Å². The van der Waals surface area contributed by atoms with E-state index in [0.717, 1.165) is 34.2 Å². The van der Waals surface area contributed by atoms with E-state index in [4.69, 9.17) is 4.99 Å². The molecule has 1 aromatic carbocycles. The normalized spacial score (nSPS) is 21.5. The van der Waals surface area contributed by atoms with Crippen molar-refractivity contribution in [1.82, 2.24) is 4.98 Å². The molecular weight excluding hydrogens is 430 g/mol. The maximum atomic E-state index is 13.3. The van der Waals surface area contributed by atoms with Crippen molar-refractivity contribution in [3.05, 3.63) is 69.5 Å². The number of ketones is 1. The van der Waals surface area contributed by atoms with Gasteiger partial charge in [-0.1, -0.05) is 24.3 Å². The second-order valence-electron chi connectivity index (χ2n) is 7.55. The van der Waals surface area contributed by atoms with E-state index < -0.39 is 0 Å². The number of hydrogen-bond acceptors (Lipinski definition) is 4. The van der Waals surface area contributed by atoms with Gasteiger partial charge in [0.15, 0.2) is 0 Å². The molecular formula is C23H22BrN3O2. The van der Waals surface area contributed by atoms with E-state index in [0.29, 0.717) is 23.5 Å². The lowest BCUT2D eigenvalue weighted by atomic mass is 9.68. The summed E-state index contributed by atoms with van der Waals surface area (Å²) in [5.74, 6) is -0.319. The van der Waals surface area contributed by atoms with Gasteiger partial charge in [0.2, 0.25) is 0 Å². The standard InChI is InChI=1S/C23H22BrN3O2/c1-13-6-3-4-7-16(13)21-20(23(29)27-19-11-10-15(24)12-25-19)14(2)26-17-8-5-9-18(28)22(17)21/h3-4,6-7,10-12,21-22H,5,8-9H2,1-2H3,(H,25,27,29)/t21-,22?/m1/s1. The molecule has 1 fully saturated rings. The molecule has 1 aliphatic heterocycles. The number of aryl methyl sites for hydroxylation is 1. The summed E-state index contributed by atoms with van der Waals surface area (Å²) in [7, 11) is 0. The van der Waals surface area contributed by atoms with Crippen LogP contribution in [-0.2, 0) is 9.59 Å². The number of anilines is 1. The van der Waals surface area contributed by atoms with Crippen LogP contribution in [-0.4, -0.2) is 22.4 Å². The fraction of sp³-hybridized carbons (Fsp3) is 0.304. The number of benzene rings is 1.